The van der Waals surface area contributed by atoms with Crippen LogP contribution in [0.2, 0.25) is 0 Å². The minimum Gasteiger partial charge on any atom is -0.378 e. The van der Waals surface area contributed by atoms with E-state index in [-0.39, 0.29) is 5.82 Å². The lowest BCUT2D eigenvalue weighted by Gasteiger charge is -2.05. The molecule has 5 heteroatoms. The van der Waals surface area contributed by atoms with Gasteiger partial charge in [-0.1, -0.05) is 15.9 Å². The molecule has 0 aliphatic carbocycles. The summed E-state index contributed by atoms with van der Waals surface area (Å²) in [6.07, 6.45) is 3.42. The van der Waals surface area contributed by atoms with Crippen molar-refractivity contribution in [1.29, 1.82) is 0 Å². The van der Waals surface area contributed by atoms with Gasteiger partial charge in [0, 0.05) is 17.2 Å². The molecule has 78 valence electrons. The minimum absolute atomic E-state index is 0.234. The van der Waals surface area contributed by atoms with Crippen molar-refractivity contribution < 1.29 is 4.39 Å². The average Bonchev–Trinajstić information content (AvgIpc) is 2.72. The zero-order valence-electron chi connectivity index (χ0n) is 7.80. The number of benzene rings is 1. The maximum absolute atomic E-state index is 12.9. The Kier molecular flexibility index (Phi) is 3.01. The topological polar surface area (TPSA) is 40.7 Å². The first-order valence-corrected chi connectivity index (χ1v) is 5.21. The van der Waals surface area contributed by atoms with Gasteiger partial charge >= 0.3 is 0 Å². The van der Waals surface area contributed by atoms with Gasteiger partial charge in [-0.3, -0.25) is 5.10 Å². The molecular weight excluding hydrogens is 261 g/mol. The molecule has 0 fully saturated rings. The van der Waals surface area contributed by atoms with E-state index in [0.717, 1.165) is 15.7 Å². The van der Waals surface area contributed by atoms with Crippen molar-refractivity contribution >= 4 is 21.6 Å². The fraction of sp³-hybridized carbons (Fsp3) is 0.100. The lowest BCUT2D eigenvalue weighted by Crippen LogP contribution is -1.99. The van der Waals surface area contributed by atoms with Crippen LogP contribution >= 0.6 is 15.9 Å². The first-order valence-electron chi connectivity index (χ1n) is 4.42. The maximum Gasteiger partial charge on any atom is 0.123 e. The molecule has 0 aliphatic rings. The number of aromatic amines is 1. The average molecular weight is 270 g/mol. The van der Waals surface area contributed by atoms with Crippen LogP contribution in [0.1, 0.15) is 5.56 Å². The van der Waals surface area contributed by atoms with Gasteiger partial charge in [-0.25, -0.2) is 4.39 Å². The molecule has 0 atom stereocenters. The summed E-state index contributed by atoms with van der Waals surface area (Å²) in [7, 11) is 0. The number of anilines is 1. The van der Waals surface area contributed by atoms with Crippen LogP contribution in [-0.4, -0.2) is 10.2 Å². The van der Waals surface area contributed by atoms with Crippen LogP contribution in [0, 0.1) is 5.82 Å². The van der Waals surface area contributed by atoms with E-state index in [2.05, 4.69) is 31.4 Å². The Morgan fingerprint density at radius 1 is 1.47 bits per heavy atom. The molecule has 15 heavy (non-hydrogen) atoms. The fourth-order valence-electron chi connectivity index (χ4n) is 1.22. The highest BCUT2D eigenvalue weighted by Crippen LogP contribution is 2.18. The smallest absolute Gasteiger partial charge is 0.123 e. The molecule has 0 radical (unpaired) electrons. The lowest BCUT2D eigenvalue weighted by atomic mass is 10.2. The Morgan fingerprint density at radius 3 is 3.07 bits per heavy atom. The van der Waals surface area contributed by atoms with Gasteiger partial charge < -0.3 is 5.32 Å². The Balaban J connectivity index is 2.07. The normalized spacial score (nSPS) is 10.3. The first-order chi connectivity index (χ1) is 7.25. The SMILES string of the molecule is Fc1ccc(Br)c(CNc2cn[nH]c2)c1. The lowest BCUT2D eigenvalue weighted by molar-refractivity contribution is 0.625. The molecule has 1 aromatic carbocycles. The van der Waals surface area contributed by atoms with Crippen LogP contribution in [0.25, 0.3) is 0 Å². The minimum atomic E-state index is -0.234. The zero-order valence-corrected chi connectivity index (χ0v) is 9.38. The van der Waals surface area contributed by atoms with Crippen molar-refractivity contribution in [2.24, 2.45) is 0 Å². The summed E-state index contributed by atoms with van der Waals surface area (Å²) in [5.74, 6) is -0.234. The van der Waals surface area contributed by atoms with E-state index in [1.165, 1.54) is 12.1 Å². The van der Waals surface area contributed by atoms with Crippen LogP contribution in [0.5, 0.6) is 0 Å². The van der Waals surface area contributed by atoms with Gasteiger partial charge in [0.25, 0.3) is 0 Å². The molecule has 0 saturated heterocycles. The molecular formula is C10H9BrFN3. The summed E-state index contributed by atoms with van der Waals surface area (Å²) >= 11 is 3.36. The van der Waals surface area contributed by atoms with E-state index < -0.39 is 0 Å². The van der Waals surface area contributed by atoms with Crippen LogP contribution in [0.4, 0.5) is 10.1 Å². The quantitative estimate of drug-likeness (QED) is 0.900. The molecule has 0 unspecified atom stereocenters. The Bertz CT molecular complexity index is 442. The number of H-pyrrole nitrogens is 1. The molecule has 1 aromatic heterocycles. The van der Waals surface area contributed by atoms with Gasteiger partial charge in [-0.2, -0.15) is 5.10 Å². The van der Waals surface area contributed by atoms with E-state index in [1.807, 2.05) is 0 Å². The monoisotopic (exact) mass is 269 g/mol. The number of rotatable bonds is 3. The van der Waals surface area contributed by atoms with Crippen molar-refractivity contribution in [2.75, 3.05) is 5.32 Å². The molecule has 2 aromatic rings. The molecule has 0 saturated carbocycles. The van der Waals surface area contributed by atoms with Crippen molar-refractivity contribution in [2.45, 2.75) is 6.54 Å². The molecule has 1 heterocycles. The van der Waals surface area contributed by atoms with E-state index >= 15 is 0 Å². The highest BCUT2D eigenvalue weighted by molar-refractivity contribution is 9.10. The highest BCUT2D eigenvalue weighted by atomic mass is 79.9. The Labute approximate surface area is 94.8 Å². The highest BCUT2D eigenvalue weighted by Gasteiger charge is 2.01. The number of hydrogen-bond acceptors (Lipinski definition) is 2. The van der Waals surface area contributed by atoms with E-state index in [4.69, 9.17) is 0 Å². The summed E-state index contributed by atoms with van der Waals surface area (Å²) in [6, 6.07) is 4.62. The van der Waals surface area contributed by atoms with Crippen molar-refractivity contribution in [1.82, 2.24) is 10.2 Å². The number of aromatic nitrogens is 2. The summed E-state index contributed by atoms with van der Waals surface area (Å²) in [5, 5.41) is 9.61. The molecule has 0 spiro atoms. The van der Waals surface area contributed by atoms with Crippen molar-refractivity contribution in [3.63, 3.8) is 0 Å². The maximum atomic E-state index is 12.9. The molecule has 2 rings (SSSR count). The summed E-state index contributed by atoms with van der Waals surface area (Å²) < 4.78 is 13.8. The third-order valence-corrected chi connectivity index (χ3v) is 2.76. The number of hydrogen-bond donors (Lipinski definition) is 2. The van der Waals surface area contributed by atoms with Crippen LogP contribution in [-0.2, 0) is 6.54 Å². The Hall–Kier alpha value is -1.36. The third kappa shape index (κ3) is 2.56. The van der Waals surface area contributed by atoms with Crippen molar-refractivity contribution in [3.05, 3.63) is 46.4 Å². The fourth-order valence-corrected chi connectivity index (χ4v) is 1.61. The van der Waals surface area contributed by atoms with Gasteiger partial charge in [-0.15, -0.1) is 0 Å². The molecule has 0 aliphatic heterocycles. The number of nitrogens with zero attached hydrogens (tertiary/aromatic N) is 1. The van der Waals surface area contributed by atoms with Gasteiger partial charge in [0.1, 0.15) is 5.82 Å². The van der Waals surface area contributed by atoms with Crippen molar-refractivity contribution in [3.8, 4) is 0 Å². The predicted octanol–water partition coefficient (Wildman–Crippen LogP) is 2.92. The standard InChI is InChI=1S/C10H9BrFN3/c11-10-2-1-8(12)3-7(10)4-13-9-5-14-15-6-9/h1-3,5-6,13H,4H2,(H,14,15). The summed E-state index contributed by atoms with van der Waals surface area (Å²) in [5.41, 5.74) is 1.75. The van der Waals surface area contributed by atoms with Gasteiger partial charge in [0.2, 0.25) is 0 Å². The summed E-state index contributed by atoms with van der Waals surface area (Å²) in [4.78, 5) is 0. The number of nitrogens with one attached hydrogen (secondary N) is 2. The van der Waals surface area contributed by atoms with Gasteiger partial charge in [-0.05, 0) is 23.8 Å². The van der Waals surface area contributed by atoms with Crippen LogP contribution in [0.3, 0.4) is 0 Å². The second kappa shape index (κ2) is 4.44. The van der Waals surface area contributed by atoms with Gasteiger partial charge in [0.05, 0.1) is 11.9 Å². The second-order valence-electron chi connectivity index (χ2n) is 3.08. The van der Waals surface area contributed by atoms with E-state index in [9.17, 15) is 4.39 Å². The van der Waals surface area contributed by atoms with E-state index in [1.54, 1.807) is 18.5 Å². The third-order valence-electron chi connectivity index (χ3n) is 1.99. The number of halogens is 2. The van der Waals surface area contributed by atoms with Crippen LogP contribution < -0.4 is 5.32 Å². The molecule has 0 bridgehead atoms. The molecule has 2 N–H and O–H groups in total. The second-order valence-corrected chi connectivity index (χ2v) is 3.93. The van der Waals surface area contributed by atoms with Gasteiger partial charge in [0.15, 0.2) is 0 Å². The Morgan fingerprint density at radius 2 is 2.33 bits per heavy atom. The molecule has 3 nitrogen and oxygen atoms in total. The largest absolute Gasteiger partial charge is 0.378 e. The van der Waals surface area contributed by atoms with Crippen LogP contribution in [0.15, 0.2) is 35.1 Å². The predicted molar refractivity (Wildman–Crippen MR) is 60.0 cm³/mol. The van der Waals surface area contributed by atoms with E-state index in [0.29, 0.717) is 6.54 Å². The summed E-state index contributed by atoms with van der Waals surface area (Å²) in [6.45, 7) is 0.553. The zero-order chi connectivity index (χ0) is 10.7. The molecule has 0 amide bonds. The first kappa shape index (κ1) is 10.2.